The van der Waals surface area contributed by atoms with Crippen LogP contribution in [0.3, 0.4) is 0 Å². The largest absolute Gasteiger partial charge is 0.365 e. The van der Waals surface area contributed by atoms with E-state index in [0.717, 1.165) is 24.3 Å². The Hall–Kier alpha value is -1.07. The summed E-state index contributed by atoms with van der Waals surface area (Å²) >= 11 is 0. The van der Waals surface area contributed by atoms with Crippen LogP contribution in [-0.4, -0.2) is 40.3 Å². The summed E-state index contributed by atoms with van der Waals surface area (Å²) in [6.07, 6.45) is 0. The predicted octanol–water partition coefficient (Wildman–Crippen LogP) is 1.20. The van der Waals surface area contributed by atoms with Crippen molar-refractivity contribution in [3.63, 3.8) is 0 Å². The smallest absolute Gasteiger partial charge is 0.182 e. The zero-order valence-corrected chi connectivity index (χ0v) is 11.9. The minimum Gasteiger partial charge on any atom is -0.365 e. The number of nitrogens with zero attached hydrogens (tertiary/aromatic N) is 1. The first-order chi connectivity index (χ1) is 8.47. The molecule has 1 aromatic carbocycles. The monoisotopic (exact) mass is 268 g/mol. The highest BCUT2D eigenvalue weighted by Crippen LogP contribution is 2.35. The molecule has 100 valence electrons. The van der Waals surface area contributed by atoms with Crippen molar-refractivity contribution in [3.8, 4) is 0 Å². The van der Waals surface area contributed by atoms with E-state index in [1.54, 1.807) is 6.07 Å². The number of likely N-dealkylation sites (N-methyl/N-ethyl adjacent to an activating group) is 1. The predicted molar refractivity (Wildman–Crippen MR) is 74.0 cm³/mol. The standard InChI is InChI=1S/C13H20N2O2S/c1-10-5-4-6-12-13(10)15(8-7-14-3)11(2)9-18(12,16)17/h4-6,11,14H,7-9H2,1-3H3. The highest BCUT2D eigenvalue weighted by atomic mass is 32.2. The van der Waals surface area contributed by atoms with Gasteiger partial charge in [0.25, 0.3) is 0 Å². The van der Waals surface area contributed by atoms with Crippen LogP contribution in [-0.2, 0) is 9.84 Å². The number of fused-ring (bicyclic) bond motifs is 1. The molecule has 1 aliphatic heterocycles. The molecule has 1 N–H and O–H groups in total. The quantitative estimate of drug-likeness (QED) is 0.895. The van der Waals surface area contributed by atoms with Crippen molar-refractivity contribution in [2.24, 2.45) is 0 Å². The lowest BCUT2D eigenvalue weighted by Crippen LogP contribution is -2.46. The summed E-state index contributed by atoms with van der Waals surface area (Å²) in [7, 11) is -1.23. The van der Waals surface area contributed by atoms with Crippen LogP contribution in [0.5, 0.6) is 0 Å². The lowest BCUT2D eigenvalue weighted by atomic mass is 10.1. The molecule has 5 heteroatoms. The van der Waals surface area contributed by atoms with E-state index in [1.165, 1.54) is 0 Å². The highest BCUT2D eigenvalue weighted by molar-refractivity contribution is 7.91. The molecule has 0 spiro atoms. The van der Waals surface area contributed by atoms with E-state index < -0.39 is 9.84 Å². The van der Waals surface area contributed by atoms with E-state index in [0.29, 0.717) is 4.90 Å². The van der Waals surface area contributed by atoms with Crippen LogP contribution in [0.1, 0.15) is 12.5 Å². The van der Waals surface area contributed by atoms with Gasteiger partial charge in [-0.15, -0.1) is 0 Å². The lowest BCUT2D eigenvalue weighted by Gasteiger charge is -2.37. The number of rotatable bonds is 3. The van der Waals surface area contributed by atoms with Crippen LogP contribution < -0.4 is 10.2 Å². The van der Waals surface area contributed by atoms with Crippen molar-refractivity contribution in [2.45, 2.75) is 24.8 Å². The van der Waals surface area contributed by atoms with E-state index in [-0.39, 0.29) is 11.8 Å². The van der Waals surface area contributed by atoms with Gasteiger partial charge in [0.05, 0.1) is 16.3 Å². The molecule has 0 saturated heterocycles. The molecule has 2 rings (SSSR count). The lowest BCUT2D eigenvalue weighted by molar-refractivity contribution is 0.568. The third kappa shape index (κ3) is 2.24. The molecular formula is C13H20N2O2S. The van der Waals surface area contributed by atoms with E-state index in [1.807, 2.05) is 33.0 Å². The van der Waals surface area contributed by atoms with E-state index >= 15 is 0 Å². The molecule has 1 unspecified atom stereocenters. The second-order valence-electron chi connectivity index (χ2n) is 4.85. The number of hydrogen-bond acceptors (Lipinski definition) is 4. The third-order valence-electron chi connectivity index (χ3n) is 3.42. The summed E-state index contributed by atoms with van der Waals surface area (Å²) in [5, 5.41) is 3.12. The fraction of sp³-hybridized carbons (Fsp3) is 0.538. The third-order valence-corrected chi connectivity index (χ3v) is 5.34. The number of nitrogens with one attached hydrogen (secondary N) is 1. The molecule has 0 bridgehead atoms. The molecule has 1 aromatic rings. The Morgan fingerprint density at radius 3 is 2.83 bits per heavy atom. The van der Waals surface area contributed by atoms with Gasteiger partial charge in [0.2, 0.25) is 0 Å². The summed E-state index contributed by atoms with van der Waals surface area (Å²) < 4.78 is 24.4. The fourth-order valence-electron chi connectivity index (χ4n) is 2.53. The maximum absolute atomic E-state index is 12.2. The van der Waals surface area contributed by atoms with Gasteiger partial charge in [0, 0.05) is 19.1 Å². The van der Waals surface area contributed by atoms with Crippen molar-refractivity contribution < 1.29 is 8.42 Å². The van der Waals surface area contributed by atoms with Crippen LogP contribution in [0.25, 0.3) is 0 Å². The molecular weight excluding hydrogens is 248 g/mol. The van der Waals surface area contributed by atoms with Gasteiger partial charge in [-0.25, -0.2) is 8.42 Å². The van der Waals surface area contributed by atoms with Gasteiger partial charge in [-0.05, 0) is 32.5 Å². The van der Waals surface area contributed by atoms with Crippen molar-refractivity contribution in [1.29, 1.82) is 0 Å². The first-order valence-corrected chi connectivity index (χ1v) is 7.86. The maximum atomic E-state index is 12.2. The summed E-state index contributed by atoms with van der Waals surface area (Å²) in [5.74, 6) is 0.202. The molecule has 1 atom stereocenters. The van der Waals surface area contributed by atoms with Gasteiger partial charge in [-0.1, -0.05) is 12.1 Å². The Labute approximate surface area is 109 Å². The fourth-order valence-corrected chi connectivity index (χ4v) is 4.39. The number of aryl methyl sites for hydroxylation is 1. The zero-order chi connectivity index (χ0) is 13.3. The zero-order valence-electron chi connectivity index (χ0n) is 11.1. The first-order valence-electron chi connectivity index (χ1n) is 6.21. The van der Waals surface area contributed by atoms with Crippen LogP contribution in [0.15, 0.2) is 23.1 Å². The van der Waals surface area contributed by atoms with Crippen molar-refractivity contribution in [3.05, 3.63) is 23.8 Å². The number of hydrogen-bond donors (Lipinski definition) is 1. The minimum atomic E-state index is -3.13. The second kappa shape index (κ2) is 4.90. The van der Waals surface area contributed by atoms with Gasteiger partial charge in [0.15, 0.2) is 9.84 Å². The average Bonchev–Trinajstić information content (AvgIpc) is 2.29. The van der Waals surface area contributed by atoms with Gasteiger partial charge < -0.3 is 10.2 Å². The normalized spacial score (nSPS) is 21.7. The SMILES string of the molecule is CNCCN1c2c(C)cccc2S(=O)(=O)CC1C. The molecule has 0 aliphatic carbocycles. The number of para-hydroxylation sites is 1. The first kappa shape index (κ1) is 13.4. The Morgan fingerprint density at radius 2 is 2.17 bits per heavy atom. The molecule has 1 aliphatic rings. The van der Waals surface area contributed by atoms with Gasteiger partial charge in [-0.2, -0.15) is 0 Å². The van der Waals surface area contributed by atoms with Crippen molar-refractivity contribution in [2.75, 3.05) is 30.8 Å². The van der Waals surface area contributed by atoms with E-state index in [2.05, 4.69) is 10.2 Å². The molecule has 1 heterocycles. The number of sulfone groups is 1. The van der Waals surface area contributed by atoms with Crippen LogP contribution in [0.4, 0.5) is 5.69 Å². The molecule has 18 heavy (non-hydrogen) atoms. The Morgan fingerprint density at radius 1 is 1.44 bits per heavy atom. The summed E-state index contributed by atoms with van der Waals surface area (Å²) in [6.45, 7) is 5.62. The van der Waals surface area contributed by atoms with Gasteiger partial charge >= 0.3 is 0 Å². The maximum Gasteiger partial charge on any atom is 0.182 e. The number of benzene rings is 1. The second-order valence-corrected chi connectivity index (χ2v) is 6.85. The molecule has 0 aromatic heterocycles. The van der Waals surface area contributed by atoms with E-state index in [9.17, 15) is 8.42 Å². The van der Waals surface area contributed by atoms with Crippen molar-refractivity contribution in [1.82, 2.24) is 5.32 Å². The minimum absolute atomic E-state index is 0.0250. The molecule has 0 fully saturated rings. The topological polar surface area (TPSA) is 49.4 Å². The number of anilines is 1. The molecule has 0 radical (unpaired) electrons. The van der Waals surface area contributed by atoms with Crippen LogP contribution in [0, 0.1) is 6.92 Å². The van der Waals surface area contributed by atoms with Gasteiger partial charge in [0.1, 0.15) is 0 Å². The molecule has 0 amide bonds. The van der Waals surface area contributed by atoms with Crippen LogP contribution >= 0.6 is 0 Å². The highest BCUT2D eigenvalue weighted by Gasteiger charge is 2.33. The summed E-state index contributed by atoms with van der Waals surface area (Å²) in [5.41, 5.74) is 1.91. The average molecular weight is 268 g/mol. The Bertz CT molecular complexity index is 540. The summed E-state index contributed by atoms with van der Waals surface area (Å²) in [6, 6.07) is 5.53. The molecule has 4 nitrogen and oxygen atoms in total. The Balaban J connectivity index is 2.53. The molecule has 0 saturated carbocycles. The Kier molecular flexibility index (Phi) is 3.64. The van der Waals surface area contributed by atoms with Crippen molar-refractivity contribution >= 4 is 15.5 Å². The van der Waals surface area contributed by atoms with Gasteiger partial charge in [-0.3, -0.25) is 0 Å². The van der Waals surface area contributed by atoms with E-state index in [4.69, 9.17) is 0 Å². The summed E-state index contributed by atoms with van der Waals surface area (Å²) in [4.78, 5) is 2.68. The van der Waals surface area contributed by atoms with Crippen LogP contribution in [0.2, 0.25) is 0 Å².